The molecule has 8 heteroatoms. The SMILES string of the molecule is NC(=O)c1cccc2c(NCc3ccc(NC(=O)O)cc3)ncnc12. The molecule has 0 atom stereocenters. The number of primary amides is 1. The first-order valence-electron chi connectivity index (χ1n) is 7.41. The zero-order chi connectivity index (χ0) is 17.8. The number of nitrogens with one attached hydrogen (secondary N) is 2. The molecule has 0 saturated carbocycles. The van der Waals surface area contributed by atoms with Crippen LogP contribution in [0, 0.1) is 0 Å². The number of amides is 2. The van der Waals surface area contributed by atoms with E-state index < -0.39 is 12.0 Å². The van der Waals surface area contributed by atoms with Crippen LogP contribution in [0.5, 0.6) is 0 Å². The van der Waals surface area contributed by atoms with Gasteiger partial charge in [-0.25, -0.2) is 14.8 Å². The summed E-state index contributed by atoms with van der Waals surface area (Å²) in [7, 11) is 0. The van der Waals surface area contributed by atoms with E-state index in [1.807, 2.05) is 6.07 Å². The molecule has 126 valence electrons. The number of rotatable bonds is 5. The Morgan fingerprint density at radius 3 is 2.52 bits per heavy atom. The van der Waals surface area contributed by atoms with Gasteiger partial charge in [0.2, 0.25) is 0 Å². The van der Waals surface area contributed by atoms with Crippen molar-refractivity contribution >= 4 is 34.4 Å². The van der Waals surface area contributed by atoms with Crippen LogP contribution in [-0.4, -0.2) is 27.1 Å². The quantitative estimate of drug-likeness (QED) is 0.565. The van der Waals surface area contributed by atoms with Crippen LogP contribution >= 0.6 is 0 Å². The molecule has 0 spiro atoms. The first kappa shape index (κ1) is 16.2. The number of hydrogen-bond acceptors (Lipinski definition) is 5. The molecular weight excluding hydrogens is 322 g/mol. The highest BCUT2D eigenvalue weighted by atomic mass is 16.4. The van der Waals surface area contributed by atoms with Crippen LogP contribution in [0.15, 0.2) is 48.8 Å². The first-order valence-corrected chi connectivity index (χ1v) is 7.41. The molecule has 0 radical (unpaired) electrons. The summed E-state index contributed by atoms with van der Waals surface area (Å²) >= 11 is 0. The third-order valence-corrected chi connectivity index (χ3v) is 3.60. The summed E-state index contributed by atoms with van der Waals surface area (Å²) in [6.45, 7) is 0.472. The fourth-order valence-electron chi connectivity index (χ4n) is 2.44. The van der Waals surface area contributed by atoms with E-state index in [1.54, 1.807) is 36.4 Å². The summed E-state index contributed by atoms with van der Waals surface area (Å²) < 4.78 is 0. The second kappa shape index (κ2) is 6.83. The molecule has 0 unspecified atom stereocenters. The molecule has 0 aliphatic rings. The number of para-hydroxylation sites is 1. The third-order valence-electron chi connectivity index (χ3n) is 3.60. The van der Waals surface area contributed by atoms with Crippen molar-refractivity contribution in [2.45, 2.75) is 6.54 Å². The van der Waals surface area contributed by atoms with Crippen LogP contribution in [0.3, 0.4) is 0 Å². The summed E-state index contributed by atoms with van der Waals surface area (Å²) in [5, 5.41) is 14.8. The summed E-state index contributed by atoms with van der Waals surface area (Å²) in [6, 6.07) is 12.1. The van der Waals surface area contributed by atoms with E-state index in [0.29, 0.717) is 34.5 Å². The predicted octanol–water partition coefficient (Wildman–Crippen LogP) is 2.43. The van der Waals surface area contributed by atoms with E-state index in [0.717, 1.165) is 5.56 Å². The van der Waals surface area contributed by atoms with Crippen LogP contribution in [0.25, 0.3) is 10.9 Å². The van der Waals surface area contributed by atoms with Crippen molar-refractivity contribution in [1.82, 2.24) is 9.97 Å². The lowest BCUT2D eigenvalue weighted by Gasteiger charge is -2.10. The molecule has 1 heterocycles. The Morgan fingerprint density at radius 2 is 1.84 bits per heavy atom. The average Bonchev–Trinajstić information content (AvgIpc) is 2.60. The van der Waals surface area contributed by atoms with Gasteiger partial charge in [0.1, 0.15) is 12.1 Å². The highest BCUT2D eigenvalue weighted by Gasteiger charge is 2.10. The van der Waals surface area contributed by atoms with Gasteiger partial charge in [0, 0.05) is 17.6 Å². The van der Waals surface area contributed by atoms with Gasteiger partial charge in [-0.05, 0) is 29.8 Å². The number of anilines is 2. The van der Waals surface area contributed by atoms with E-state index in [4.69, 9.17) is 10.8 Å². The summed E-state index contributed by atoms with van der Waals surface area (Å²) in [6.07, 6.45) is 0.264. The Hall–Kier alpha value is -3.68. The van der Waals surface area contributed by atoms with E-state index in [1.165, 1.54) is 6.33 Å². The molecule has 0 fully saturated rings. The van der Waals surface area contributed by atoms with E-state index >= 15 is 0 Å². The van der Waals surface area contributed by atoms with Crippen molar-refractivity contribution in [1.29, 1.82) is 0 Å². The Morgan fingerprint density at radius 1 is 1.08 bits per heavy atom. The van der Waals surface area contributed by atoms with Gasteiger partial charge in [-0.1, -0.05) is 18.2 Å². The summed E-state index contributed by atoms with van der Waals surface area (Å²) in [5.41, 5.74) is 7.64. The molecule has 25 heavy (non-hydrogen) atoms. The number of aromatic nitrogens is 2. The van der Waals surface area contributed by atoms with Crippen LogP contribution < -0.4 is 16.4 Å². The molecule has 3 rings (SSSR count). The molecule has 0 bridgehead atoms. The Kier molecular flexibility index (Phi) is 4.42. The molecule has 0 aliphatic carbocycles. The predicted molar refractivity (Wildman–Crippen MR) is 93.5 cm³/mol. The average molecular weight is 337 g/mol. The lowest BCUT2D eigenvalue weighted by atomic mass is 10.1. The Labute approximate surface area is 142 Å². The zero-order valence-electron chi connectivity index (χ0n) is 13.1. The van der Waals surface area contributed by atoms with E-state index in [-0.39, 0.29) is 0 Å². The monoisotopic (exact) mass is 337 g/mol. The molecule has 1 aromatic heterocycles. The molecule has 3 aromatic rings. The van der Waals surface area contributed by atoms with Gasteiger partial charge in [0.25, 0.3) is 5.91 Å². The summed E-state index contributed by atoms with van der Waals surface area (Å²) in [4.78, 5) is 30.5. The van der Waals surface area contributed by atoms with Gasteiger partial charge < -0.3 is 16.2 Å². The maximum atomic E-state index is 11.5. The number of hydrogen-bond donors (Lipinski definition) is 4. The minimum absolute atomic E-state index is 0.340. The van der Waals surface area contributed by atoms with Crippen LogP contribution in [-0.2, 0) is 6.54 Å². The largest absolute Gasteiger partial charge is 0.465 e. The van der Waals surface area contributed by atoms with E-state index in [2.05, 4.69) is 20.6 Å². The van der Waals surface area contributed by atoms with Crippen molar-refractivity contribution in [3.05, 3.63) is 59.9 Å². The van der Waals surface area contributed by atoms with Crippen LogP contribution in [0.4, 0.5) is 16.3 Å². The van der Waals surface area contributed by atoms with Gasteiger partial charge in [0.05, 0.1) is 11.1 Å². The molecular formula is C17H15N5O3. The number of carbonyl (C=O) groups is 2. The molecule has 5 N–H and O–H groups in total. The maximum absolute atomic E-state index is 11.5. The van der Waals surface area contributed by atoms with Crippen molar-refractivity contribution in [3.8, 4) is 0 Å². The van der Waals surface area contributed by atoms with E-state index in [9.17, 15) is 9.59 Å². The van der Waals surface area contributed by atoms with Crippen LogP contribution in [0.2, 0.25) is 0 Å². The molecule has 8 nitrogen and oxygen atoms in total. The van der Waals surface area contributed by atoms with Crippen molar-refractivity contribution in [2.75, 3.05) is 10.6 Å². The fraction of sp³-hybridized carbons (Fsp3) is 0.0588. The topological polar surface area (TPSA) is 130 Å². The minimum atomic E-state index is -1.11. The number of nitrogens with zero attached hydrogens (tertiary/aromatic N) is 2. The van der Waals surface area contributed by atoms with Gasteiger partial charge in [-0.3, -0.25) is 10.1 Å². The first-order chi connectivity index (χ1) is 12.0. The third kappa shape index (κ3) is 3.63. The molecule has 2 amide bonds. The Balaban J connectivity index is 1.80. The number of nitrogens with two attached hydrogens (primary N) is 1. The number of carbonyl (C=O) groups excluding carboxylic acids is 1. The molecule has 0 aliphatic heterocycles. The van der Waals surface area contributed by atoms with Gasteiger partial charge in [0.15, 0.2) is 0 Å². The standard InChI is InChI=1S/C17H15N5O3/c18-15(23)12-2-1-3-13-14(12)20-9-21-16(13)19-8-10-4-6-11(7-5-10)22-17(24)25/h1-7,9,22H,8H2,(H2,18,23)(H,24,25)(H,19,20,21). The number of carboxylic acid groups (broad SMARTS) is 1. The smallest absolute Gasteiger partial charge is 0.409 e. The number of benzene rings is 2. The van der Waals surface area contributed by atoms with Gasteiger partial charge >= 0.3 is 6.09 Å². The lowest BCUT2D eigenvalue weighted by Crippen LogP contribution is -2.12. The second-order valence-electron chi connectivity index (χ2n) is 5.27. The summed E-state index contributed by atoms with van der Waals surface area (Å²) in [5.74, 6) is 0.0395. The van der Waals surface area contributed by atoms with Crippen molar-refractivity contribution < 1.29 is 14.7 Å². The van der Waals surface area contributed by atoms with Crippen LogP contribution in [0.1, 0.15) is 15.9 Å². The zero-order valence-corrected chi connectivity index (χ0v) is 13.1. The van der Waals surface area contributed by atoms with Crippen molar-refractivity contribution in [3.63, 3.8) is 0 Å². The number of fused-ring (bicyclic) bond motifs is 1. The molecule has 2 aromatic carbocycles. The second-order valence-corrected chi connectivity index (χ2v) is 5.27. The Bertz CT molecular complexity index is 941. The lowest BCUT2D eigenvalue weighted by molar-refractivity contribution is 0.100. The minimum Gasteiger partial charge on any atom is -0.465 e. The fourth-order valence-corrected chi connectivity index (χ4v) is 2.44. The van der Waals surface area contributed by atoms with Crippen molar-refractivity contribution in [2.24, 2.45) is 5.73 Å². The highest BCUT2D eigenvalue weighted by Crippen LogP contribution is 2.22. The normalized spacial score (nSPS) is 10.4. The van der Waals surface area contributed by atoms with Gasteiger partial charge in [-0.15, -0.1) is 0 Å². The van der Waals surface area contributed by atoms with Gasteiger partial charge in [-0.2, -0.15) is 0 Å². The molecule has 0 saturated heterocycles. The highest BCUT2D eigenvalue weighted by molar-refractivity contribution is 6.06. The maximum Gasteiger partial charge on any atom is 0.409 e.